The summed E-state index contributed by atoms with van der Waals surface area (Å²) in [5.74, 6) is 0.650. The van der Waals surface area contributed by atoms with Crippen LogP contribution in [0.3, 0.4) is 0 Å². The van der Waals surface area contributed by atoms with Crippen LogP contribution in [0.5, 0.6) is 0 Å². The number of nitrogens with zero attached hydrogens (tertiary/aromatic N) is 1. The molecule has 1 aliphatic rings. The van der Waals surface area contributed by atoms with Crippen molar-refractivity contribution in [3.8, 4) is 0 Å². The SMILES string of the molecule is CN(CCc1cc(Br)ccc1F)CC1CCNC1. The average molecular weight is 315 g/mol. The maximum Gasteiger partial charge on any atom is 0.126 e. The second-order valence-corrected chi connectivity index (χ2v) is 6.02. The molecule has 100 valence electrons. The number of hydrogen-bond donors (Lipinski definition) is 1. The first kappa shape index (κ1) is 14.0. The second kappa shape index (κ2) is 6.64. The highest BCUT2D eigenvalue weighted by atomic mass is 79.9. The van der Waals surface area contributed by atoms with Gasteiger partial charge < -0.3 is 10.2 Å². The van der Waals surface area contributed by atoms with Crippen LogP contribution in [0, 0.1) is 11.7 Å². The predicted molar refractivity (Wildman–Crippen MR) is 76.3 cm³/mol. The maximum absolute atomic E-state index is 13.6. The van der Waals surface area contributed by atoms with E-state index >= 15 is 0 Å². The Morgan fingerprint density at radius 3 is 3.06 bits per heavy atom. The smallest absolute Gasteiger partial charge is 0.126 e. The van der Waals surface area contributed by atoms with E-state index in [1.165, 1.54) is 12.5 Å². The standard InChI is InChI=1S/C14H20BrFN2/c1-18(10-11-4-6-17-9-11)7-5-12-8-13(15)2-3-14(12)16/h2-3,8,11,17H,4-7,9-10H2,1H3. The van der Waals surface area contributed by atoms with Crippen LogP contribution in [0.2, 0.25) is 0 Å². The molecule has 0 bridgehead atoms. The highest BCUT2D eigenvalue weighted by molar-refractivity contribution is 9.10. The van der Waals surface area contributed by atoms with Crippen molar-refractivity contribution in [3.05, 3.63) is 34.1 Å². The Balaban J connectivity index is 1.81. The van der Waals surface area contributed by atoms with E-state index in [0.29, 0.717) is 0 Å². The number of halogens is 2. The van der Waals surface area contributed by atoms with Gasteiger partial charge in [-0.2, -0.15) is 0 Å². The fourth-order valence-corrected chi connectivity index (χ4v) is 2.86. The molecule has 0 radical (unpaired) electrons. The van der Waals surface area contributed by atoms with Crippen molar-refractivity contribution < 1.29 is 4.39 Å². The first-order valence-electron chi connectivity index (χ1n) is 6.48. The number of likely N-dealkylation sites (N-methyl/N-ethyl adjacent to an activating group) is 1. The van der Waals surface area contributed by atoms with Crippen LogP contribution in [0.4, 0.5) is 4.39 Å². The Morgan fingerprint density at radius 2 is 2.33 bits per heavy atom. The molecular formula is C14H20BrFN2. The molecule has 18 heavy (non-hydrogen) atoms. The lowest BCUT2D eigenvalue weighted by atomic mass is 10.1. The Bertz CT molecular complexity index is 391. The maximum atomic E-state index is 13.6. The largest absolute Gasteiger partial charge is 0.316 e. The first-order chi connectivity index (χ1) is 8.65. The van der Waals surface area contributed by atoms with E-state index in [9.17, 15) is 4.39 Å². The van der Waals surface area contributed by atoms with E-state index in [0.717, 1.165) is 48.6 Å². The van der Waals surface area contributed by atoms with E-state index in [4.69, 9.17) is 0 Å². The molecule has 0 aromatic heterocycles. The third-order valence-electron chi connectivity index (χ3n) is 3.50. The third-order valence-corrected chi connectivity index (χ3v) is 4.00. The second-order valence-electron chi connectivity index (χ2n) is 5.11. The molecular weight excluding hydrogens is 295 g/mol. The Hall–Kier alpha value is -0.450. The summed E-state index contributed by atoms with van der Waals surface area (Å²) in [5.41, 5.74) is 0.792. The van der Waals surface area contributed by atoms with Gasteiger partial charge in [0, 0.05) is 17.6 Å². The zero-order valence-corrected chi connectivity index (χ0v) is 12.3. The summed E-state index contributed by atoms with van der Waals surface area (Å²) in [5, 5.41) is 3.38. The summed E-state index contributed by atoms with van der Waals surface area (Å²) in [7, 11) is 2.12. The minimum absolute atomic E-state index is 0.103. The van der Waals surface area contributed by atoms with Crippen LogP contribution in [0.15, 0.2) is 22.7 Å². The fraction of sp³-hybridized carbons (Fsp3) is 0.571. The van der Waals surface area contributed by atoms with E-state index in [1.807, 2.05) is 6.07 Å². The molecule has 0 spiro atoms. The summed E-state index contributed by atoms with van der Waals surface area (Å²) in [6.07, 6.45) is 2.03. The third kappa shape index (κ3) is 4.04. The number of hydrogen-bond acceptors (Lipinski definition) is 2. The normalized spacial score (nSPS) is 19.7. The summed E-state index contributed by atoms with van der Waals surface area (Å²) < 4.78 is 14.5. The molecule has 0 aliphatic carbocycles. The van der Waals surface area contributed by atoms with E-state index in [-0.39, 0.29) is 5.82 Å². The molecule has 1 heterocycles. The zero-order chi connectivity index (χ0) is 13.0. The zero-order valence-electron chi connectivity index (χ0n) is 10.8. The van der Waals surface area contributed by atoms with Crippen LogP contribution < -0.4 is 5.32 Å². The fourth-order valence-electron chi connectivity index (χ4n) is 2.45. The van der Waals surface area contributed by atoms with Gasteiger partial charge in [-0.05, 0) is 62.7 Å². The lowest BCUT2D eigenvalue weighted by Gasteiger charge is -2.20. The van der Waals surface area contributed by atoms with Gasteiger partial charge in [-0.25, -0.2) is 4.39 Å². The van der Waals surface area contributed by atoms with Gasteiger partial charge in [0.05, 0.1) is 0 Å². The molecule has 2 nitrogen and oxygen atoms in total. The quantitative estimate of drug-likeness (QED) is 0.899. The van der Waals surface area contributed by atoms with Crippen LogP contribution in [0.1, 0.15) is 12.0 Å². The molecule has 1 N–H and O–H groups in total. The highest BCUT2D eigenvalue weighted by Crippen LogP contribution is 2.16. The van der Waals surface area contributed by atoms with Crippen molar-refractivity contribution in [2.24, 2.45) is 5.92 Å². The number of benzene rings is 1. The van der Waals surface area contributed by atoms with Gasteiger partial charge in [0.25, 0.3) is 0 Å². The Kier molecular flexibility index (Phi) is 5.15. The summed E-state index contributed by atoms with van der Waals surface area (Å²) in [4.78, 5) is 2.30. The Morgan fingerprint density at radius 1 is 1.50 bits per heavy atom. The monoisotopic (exact) mass is 314 g/mol. The lowest BCUT2D eigenvalue weighted by Crippen LogP contribution is -2.29. The summed E-state index contributed by atoms with van der Waals surface area (Å²) in [6.45, 7) is 4.26. The molecule has 4 heteroatoms. The molecule has 1 aromatic rings. The molecule has 1 aliphatic heterocycles. The summed E-state index contributed by atoms with van der Waals surface area (Å²) in [6, 6.07) is 5.15. The van der Waals surface area contributed by atoms with Gasteiger partial charge in [0.15, 0.2) is 0 Å². The van der Waals surface area contributed by atoms with E-state index in [1.54, 1.807) is 6.07 Å². The van der Waals surface area contributed by atoms with Crippen molar-refractivity contribution in [2.45, 2.75) is 12.8 Å². The molecule has 1 fully saturated rings. The van der Waals surface area contributed by atoms with Crippen molar-refractivity contribution >= 4 is 15.9 Å². The van der Waals surface area contributed by atoms with Crippen LogP contribution in [-0.2, 0) is 6.42 Å². The lowest BCUT2D eigenvalue weighted by molar-refractivity contribution is 0.287. The minimum Gasteiger partial charge on any atom is -0.316 e. The summed E-state index contributed by atoms with van der Waals surface area (Å²) >= 11 is 3.39. The molecule has 0 saturated carbocycles. The van der Waals surface area contributed by atoms with Crippen molar-refractivity contribution in [1.82, 2.24) is 10.2 Å². The van der Waals surface area contributed by atoms with Gasteiger partial charge in [0.1, 0.15) is 5.82 Å². The Labute approximate surface area is 117 Å². The van der Waals surface area contributed by atoms with Crippen molar-refractivity contribution in [1.29, 1.82) is 0 Å². The topological polar surface area (TPSA) is 15.3 Å². The van der Waals surface area contributed by atoms with Gasteiger partial charge in [0.2, 0.25) is 0 Å². The molecule has 2 rings (SSSR count). The molecule has 0 amide bonds. The highest BCUT2D eigenvalue weighted by Gasteiger charge is 2.16. The van der Waals surface area contributed by atoms with Gasteiger partial charge in [-0.15, -0.1) is 0 Å². The number of nitrogens with one attached hydrogen (secondary N) is 1. The predicted octanol–water partition coefficient (Wildman–Crippen LogP) is 2.67. The van der Waals surface area contributed by atoms with E-state index < -0.39 is 0 Å². The van der Waals surface area contributed by atoms with E-state index in [2.05, 4.69) is 33.2 Å². The van der Waals surface area contributed by atoms with Crippen LogP contribution in [-0.4, -0.2) is 38.1 Å². The number of rotatable bonds is 5. The molecule has 1 saturated heterocycles. The molecule has 1 unspecified atom stereocenters. The van der Waals surface area contributed by atoms with Crippen LogP contribution >= 0.6 is 15.9 Å². The molecule has 1 atom stereocenters. The minimum atomic E-state index is -0.103. The van der Waals surface area contributed by atoms with Crippen molar-refractivity contribution in [2.75, 3.05) is 33.2 Å². The van der Waals surface area contributed by atoms with Gasteiger partial charge >= 0.3 is 0 Å². The van der Waals surface area contributed by atoms with Crippen molar-refractivity contribution in [3.63, 3.8) is 0 Å². The van der Waals surface area contributed by atoms with Crippen LogP contribution in [0.25, 0.3) is 0 Å². The van der Waals surface area contributed by atoms with Gasteiger partial charge in [-0.3, -0.25) is 0 Å². The van der Waals surface area contributed by atoms with Gasteiger partial charge in [-0.1, -0.05) is 15.9 Å². The molecule has 1 aromatic carbocycles. The first-order valence-corrected chi connectivity index (χ1v) is 7.27. The average Bonchev–Trinajstić information content (AvgIpc) is 2.83.